The third-order valence-electron chi connectivity index (χ3n) is 3.69. The molecule has 1 unspecified atom stereocenters. The first-order valence-corrected chi connectivity index (χ1v) is 8.57. The van der Waals surface area contributed by atoms with Gasteiger partial charge in [-0.1, -0.05) is 36.8 Å². The Morgan fingerprint density at radius 2 is 1.74 bits per heavy atom. The van der Waals surface area contributed by atoms with Gasteiger partial charge in [0, 0.05) is 6.04 Å². The van der Waals surface area contributed by atoms with Gasteiger partial charge in [-0.2, -0.15) is 0 Å². The molecule has 0 amide bonds. The number of rotatable bonds is 5. The lowest BCUT2D eigenvalue weighted by molar-refractivity contribution is 0.160. The predicted molar refractivity (Wildman–Crippen MR) is 77.2 cm³/mol. The van der Waals surface area contributed by atoms with E-state index in [9.17, 15) is 8.42 Å². The molecule has 1 saturated heterocycles. The van der Waals surface area contributed by atoms with E-state index in [-0.39, 0.29) is 11.8 Å². The summed E-state index contributed by atoms with van der Waals surface area (Å²) in [6.07, 6.45) is 4.23. The molecule has 1 atom stereocenters. The summed E-state index contributed by atoms with van der Waals surface area (Å²) in [6, 6.07) is 10.3. The second-order valence-electron chi connectivity index (χ2n) is 5.18. The molecule has 1 aromatic carbocycles. The number of benzene rings is 1. The summed E-state index contributed by atoms with van der Waals surface area (Å²) >= 11 is 0. The van der Waals surface area contributed by atoms with Crippen molar-refractivity contribution in [3.05, 3.63) is 35.9 Å². The summed E-state index contributed by atoms with van der Waals surface area (Å²) in [6.45, 7) is 2.09. The molecule has 19 heavy (non-hydrogen) atoms. The monoisotopic (exact) mass is 282 g/mol. The van der Waals surface area contributed by atoms with Gasteiger partial charge in [-0.3, -0.25) is 4.90 Å². The summed E-state index contributed by atoms with van der Waals surface area (Å²) < 4.78 is 22.4. The molecule has 0 spiro atoms. The summed E-state index contributed by atoms with van der Waals surface area (Å²) in [5, 5.41) is 5.15. The number of primary sulfonamides is 1. The van der Waals surface area contributed by atoms with Gasteiger partial charge in [0.05, 0.1) is 5.75 Å². The number of sulfonamides is 1. The second kappa shape index (κ2) is 6.50. The molecule has 0 aromatic heterocycles. The van der Waals surface area contributed by atoms with Crippen LogP contribution in [0.3, 0.4) is 0 Å². The molecule has 1 aliphatic heterocycles. The number of nitrogens with two attached hydrogens (primary N) is 1. The van der Waals surface area contributed by atoms with Crippen LogP contribution in [0.25, 0.3) is 0 Å². The zero-order valence-corrected chi connectivity index (χ0v) is 12.0. The minimum Gasteiger partial charge on any atom is -0.296 e. The van der Waals surface area contributed by atoms with Crippen molar-refractivity contribution < 1.29 is 8.42 Å². The topological polar surface area (TPSA) is 63.4 Å². The highest BCUT2D eigenvalue weighted by Gasteiger charge is 2.23. The van der Waals surface area contributed by atoms with Crippen LogP contribution in [0, 0.1) is 0 Å². The van der Waals surface area contributed by atoms with Gasteiger partial charge in [0.2, 0.25) is 10.0 Å². The van der Waals surface area contributed by atoms with E-state index in [1.54, 1.807) is 0 Å². The molecule has 0 saturated carbocycles. The van der Waals surface area contributed by atoms with Crippen molar-refractivity contribution in [1.29, 1.82) is 0 Å². The molecule has 0 radical (unpaired) electrons. The van der Waals surface area contributed by atoms with Crippen molar-refractivity contribution in [2.24, 2.45) is 5.14 Å². The van der Waals surface area contributed by atoms with Crippen LogP contribution in [0.5, 0.6) is 0 Å². The highest BCUT2D eigenvalue weighted by molar-refractivity contribution is 7.89. The van der Waals surface area contributed by atoms with E-state index in [0.29, 0.717) is 6.42 Å². The van der Waals surface area contributed by atoms with Gasteiger partial charge >= 0.3 is 0 Å². The fourth-order valence-corrected chi connectivity index (χ4v) is 3.29. The molecule has 5 heteroatoms. The van der Waals surface area contributed by atoms with E-state index in [1.165, 1.54) is 24.8 Å². The largest absolute Gasteiger partial charge is 0.296 e. The van der Waals surface area contributed by atoms with Crippen molar-refractivity contribution in [3.63, 3.8) is 0 Å². The normalized spacial score (nSPS) is 19.2. The van der Waals surface area contributed by atoms with Crippen molar-refractivity contribution in [2.45, 2.75) is 31.7 Å². The van der Waals surface area contributed by atoms with Gasteiger partial charge in [-0.05, 0) is 37.9 Å². The lowest BCUT2D eigenvalue weighted by atomic mass is 10.00. The highest BCUT2D eigenvalue weighted by Crippen LogP contribution is 2.27. The minimum atomic E-state index is -3.39. The van der Waals surface area contributed by atoms with Crippen LogP contribution in [-0.2, 0) is 10.0 Å². The SMILES string of the molecule is NS(=O)(=O)CCC(c1ccccc1)N1CCCCC1. The Bertz CT molecular complexity index is 481. The van der Waals surface area contributed by atoms with Crippen molar-refractivity contribution >= 4 is 10.0 Å². The number of hydrogen-bond donors (Lipinski definition) is 1. The van der Waals surface area contributed by atoms with Crippen molar-refractivity contribution in [2.75, 3.05) is 18.8 Å². The van der Waals surface area contributed by atoms with Gasteiger partial charge in [-0.25, -0.2) is 13.6 Å². The quantitative estimate of drug-likeness (QED) is 0.897. The van der Waals surface area contributed by atoms with E-state index in [4.69, 9.17) is 5.14 Å². The third-order valence-corrected chi connectivity index (χ3v) is 4.50. The highest BCUT2D eigenvalue weighted by atomic mass is 32.2. The fraction of sp³-hybridized carbons (Fsp3) is 0.571. The molecule has 1 aromatic rings. The standard InChI is InChI=1S/C14H22N2O2S/c15-19(17,18)12-9-14(13-7-3-1-4-8-13)16-10-5-2-6-11-16/h1,3-4,7-8,14H,2,5-6,9-12H2,(H2,15,17,18). The van der Waals surface area contributed by atoms with Crippen molar-refractivity contribution in [3.8, 4) is 0 Å². The first-order chi connectivity index (χ1) is 9.06. The van der Waals surface area contributed by atoms with Crippen LogP contribution >= 0.6 is 0 Å². The second-order valence-corrected chi connectivity index (χ2v) is 6.91. The molecule has 1 fully saturated rings. The first kappa shape index (κ1) is 14.5. The Kier molecular flexibility index (Phi) is 4.96. The maximum atomic E-state index is 11.2. The maximum absolute atomic E-state index is 11.2. The van der Waals surface area contributed by atoms with Crippen LogP contribution in [0.4, 0.5) is 0 Å². The number of likely N-dealkylation sites (tertiary alicyclic amines) is 1. The number of hydrogen-bond acceptors (Lipinski definition) is 3. The molecule has 0 aliphatic carbocycles. The molecule has 4 nitrogen and oxygen atoms in total. The Labute approximate surface area is 115 Å². The van der Waals surface area contributed by atoms with E-state index in [2.05, 4.69) is 17.0 Å². The zero-order valence-electron chi connectivity index (χ0n) is 11.2. The van der Waals surface area contributed by atoms with E-state index < -0.39 is 10.0 Å². The van der Waals surface area contributed by atoms with Gasteiger partial charge in [0.15, 0.2) is 0 Å². The van der Waals surface area contributed by atoms with Gasteiger partial charge in [0.25, 0.3) is 0 Å². The lowest BCUT2D eigenvalue weighted by Crippen LogP contribution is -2.35. The van der Waals surface area contributed by atoms with Crippen LogP contribution in [-0.4, -0.2) is 32.2 Å². The summed E-state index contributed by atoms with van der Waals surface area (Å²) in [5.41, 5.74) is 1.19. The van der Waals surface area contributed by atoms with Crippen LogP contribution in [0.1, 0.15) is 37.3 Å². The van der Waals surface area contributed by atoms with Gasteiger partial charge < -0.3 is 0 Å². The van der Waals surface area contributed by atoms with Crippen LogP contribution in [0.15, 0.2) is 30.3 Å². The first-order valence-electron chi connectivity index (χ1n) is 6.86. The van der Waals surface area contributed by atoms with Gasteiger partial charge in [0.1, 0.15) is 0 Å². The molecular formula is C14H22N2O2S. The Morgan fingerprint density at radius 3 is 2.32 bits per heavy atom. The minimum absolute atomic E-state index is 0.0447. The van der Waals surface area contributed by atoms with Crippen LogP contribution in [0.2, 0.25) is 0 Å². The van der Waals surface area contributed by atoms with Gasteiger partial charge in [-0.15, -0.1) is 0 Å². The Balaban J connectivity index is 2.12. The Hall–Kier alpha value is -0.910. The molecule has 1 heterocycles. The maximum Gasteiger partial charge on any atom is 0.209 e. The van der Waals surface area contributed by atoms with E-state index in [0.717, 1.165) is 13.1 Å². The van der Waals surface area contributed by atoms with Crippen LogP contribution < -0.4 is 5.14 Å². The average molecular weight is 282 g/mol. The molecular weight excluding hydrogens is 260 g/mol. The fourth-order valence-electron chi connectivity index (χ4n) is 2.74. The zero-order chi connectivity index (χ0) is 13.7. The molecule has 2 N–H and O–H groups in total. The number of nitrogens with zero attached hydrogens (tertiary/aromatic N) is 1. The smallest absolute Gasteiger partial charge is 0.209 e. The summed E-state index contributed by atoms with van der Waals surface area (Å²) in [5.74, 6) is 0.0447. The summed E-state index contributed by atoms with van der Waals surface area (Å²) in [4.78, 5) is 2.39. The lowest BCUT2D eigenvalue weighted by Gasteiger charge is -2.34. The Morgan fingerprint density at radius 1 is 1.11 bits per heavy atom. The van der Waals surface area contributed by atoms with E-state index in [1.807, 2.05) is 18.2 Å². The third kappa shape index (κ3) is 4.60. The molecule has 106 valence electrons. The molecule has 2 rings (SSSR count). The summed E-state index contributed by atoms with van der Waals surface area (Å²) in [7, 11) is -3.39. The number of piperidine rings is 1. The molecule has 1 aliphatic rings. The average Bonchev–Trinajstić information content (AvgIpc) is 2.40. The van der Waals surface area contributed by atoms with E-state index >= 15 is 0 Å². The predicted octanol–water partition coefficient (Wildman–Crippen LogP) is 1.89. The molecule has 0 bridgehead atoms. The van der Waals surface area contributed by atoms with Crippen molar-refractivity contribution in [1.82, 2.24) is 4.90 Å².